The van der Waals surface area contributed by atoms with Crippen LogP contribution in [0.15, 0.2) is 23.6 Å². The number of nitrogens with one attached hydrogen (secondary N) is 2. The lowest BCUT2D eigenvalue weighted by Crippen LogP contribution is -2.24. The summed E-state index contributed by atoms with van der Waals surface area (Å²) in [6, 6.07) is 5.57. The van der Waals surface area contributed by atoms with Crippen molar-refractivity contribution in [2.45, 2.75) is 13.3 Å². The normalized spacial score (nSPS) is 12.2. The van der Waals surface area contributed by atoms with Crippen LogP contribution in [0, 0.1) is 0 Å². The number of nitrogens with zero attached hydrogens (tertiary/aromatic N) is 1. The predicted molar refractivity (Wildman–Crippen MR) is 80.6 cm³/mol. The summed E-state index contributed by atoms with van der Waals surface area (Å²) in [6.07, 6.45) is 0.901. The van der Waals surface area contributed by atoms with Gasteiger partial charge in [0.2, 0.25) is 6.79 Å². The number of carbonyl (C=O) groups is 1. The van der Waals surface area contributed by atoms with Gasteiger partial charge in [0, 0.05) is 23.7 Å². The Morgan fingerprint density at radius 2 is 2.24 bits per heavy atom. The second kappa shape index (κ2) is 6.01. The highest BCUT2D eigenvalue weighted by Crippen LogP contribution is 2.35. The summed E-state index contributed by atoms with van der Waals surface area (Å²) < 4.78 is 10.6. The standard InChI is InChI=1S/C14H15N3O3S/c1-2-5-15-13(18)10-7-21-14(17-10)16-9-3-4-11-12(6-9)20-8-19-11/h3-4,6-7H,2,5,8H2,1H3,(H,15,18)(H,16,17). The van der Waals surface area contributed by atoms with Crippen LogP contribution >= 0.6 is 11.3 Å². The molecule has 0 aliphatic carbocycles. The molecule has 0 saturated heterocycles. The first kappa shape index (κ1) is 13.7. The van der Waals surface area contributed by atoms with Crippen LogP contribution in [-0.4, -0.2) is 24.2 Å². The molecule has 2 heterocycles. The molecule has 0 radical (unpaired) electrons. The number of carbonyl (C=O) groups excluding carboxylic acids is 1. The van der Waals surface area contributed by atoms with Crippen LogP contribution in [0.1, 0.15) is 23.8 Å². The van der Waals surface area contributed by atoms with Crippen molar-refractivity contribution >= 4 is 28.1 Å². The molecule has 1 aromatic heterocycles. The van der Waals surface area contributed by atoms with E-state index in [4.69, 9.17) is 9.47 Å². The zero-order chi connectivity index (χ0) is 14.7. The van der Waals surface area contributed by atoms with E-state index in [1.54, 1.807) is 5.38 Å². The molecule has 6 nitrogen and oxygen atoms in total. The highest BCUT2D eigenvalue weighted by molar-refractivity contribution is 7.14. The van der Waals surface area contributed by atoms with E-state index in [0.717, 1.165) is 17.9 Å². The Kier molecular flexibility index (Phi) is 3.92. The Morgan fingerprint density at radius 1 is 1.38 bits per heavy atom. The molecule has 1 aromatic carbocycles. The summed E-state index contributed by atoms with van der Waals surface area (Å²) in [5.41, 5.74) is 1.27. The van der Waals surface area contributed by atoms with Crippen molar-refractivity contribution in [1.29, 1.82) is 0 Å². The number of ether oxygens (including phenoxy) is 2. The quantitative estimate of drug-likeness (QED) is 0.888. The van der Waals surface area contributed by atoms with Gasteiger partial charge in [-0.2, -0.15) is 0 Å². The second-order valence-electron chi connectivity index (χ2n) is 4.49. The number of thiazole rings is 1. The lowest BCUT2D eigenvalue weighted by molar-refractivity contribution is 0.0949. The Balaban J connectivity index is 1.68. The zero-order valence-corrected chi connectivity index (χ0v) is 12.3. The summed E-state index contributed by atoms with van der Waals surface area (Å²) in [7, 11) is 0. The topological polar surface area (TPSA) is 72.5 Å². The van der Waals surface area contributed by atoms with Crippen LogP contribution < -0.4 is 20.1 Å². The van der Waals surface area contributed by atoms with E-state index in [-0.39, 0.29) is 12.7 Å². The summed E-state index contributed by atoms with van der Waals surface area (Å²) in [6.45, 7) is 2.91. The maximum Gasteiger partial charge on any atom is 0.270 e. The molecular formula is C14H15N3O3S. The number of rotatable bonds is 5. The van der Waals surface area contributed by atoms with Crippen molar-refractivity contribution in [1.82, 2.24) is 10.3 Å². The number of hydrogen-bond acceptors (Lipinski definition) is 6. The van der Waals surface area contributed by atoms with Crippen LogP contribution in [0.3, 0.4) is 0 Å². The fourth-order valence-electron chi connectivity index (χ4n) is 1.86. The zero-order valence-electron chi connectivity index (χ0n) is 11.5. The van der Waals surface area contributed by atoms with Gasteiger partial charge in [0.25, 0.3) is 5.91 Å². The Labute approximate surface area is 126 Å². The fraction of sp³-hybridized carbons (Fsp3) is 0.286. The molecule has 2 aromatic rings. The number of anilines is 2. The average molecular weight is 305 g/mol. The molecule has 0 bridgehead atoms. The number of hydrogen-bond donors (Lipinski definition) is 2. The minimum Gasteiger partial charge on any atom is -0.454 e. The fourth-order valence-corrected chi connectivity index (χ4v) is 2.57. The van der Waals surface area contributed by atoms with Gasteiger partial charge >= 0.3 is 0 Å². The molecule has 21 heavy (non-hydrogen) atoms. The van der Waals surface area contributed by atoms with Crippen LogP contribution in [0.4, 0.5) is 10.8 Å². The molecular weight excluding hydrogens is 290 g/mol. The first-order valence-corrected chi connectivity index (χ1v) is 7.54. The van der Waals surface area contributed by atoms with Gasteiger partial charge in [-0.3, -0.25) is 4.79 Å². The largest absolute Gasteiger partial charge is 0.454 e. The van der Waals surface area contributed by atoms with Crippen LogP contribution in [0.2, 0.25) is 0 Å². The van der Waals surface area contributed by atoms with Crippen molar-refractivity contribution in [2.24, 2.45) is 0 Å². The summed E-state index contributed by atoms with van der Waals surface area (Å²) in [4.78, 5) is 16.1. The lowest BCUT2D eigenvalue weighted by atomic mass is 10.3. The van der Waals surface area contributed by atoms with Crippen LogP contribution in [0.25, 0.3) is 0 Å². The predicted octanol–water partition coefficient (Wildman–Crippen LogP) is 2.76. The van der Waals surface area contributed by atoms with E-state index in [2.05, 4.69) is 15.6 Å². The van der Waals surface area contributed by atoms with E-state index >= 15 is 0 Å². The molecule has 1 aliphatic rings. The Bertz CT molecular complexity index is 657. The molecule has 7 heteroatoms. The smallest absolute Gasteiger partial charge is 0.270 e. The van der Waals surface area contributed by atoms with E-state index in [1.807, 2.05) is 25.1 Å². The van der Waals surface area contributed by atoms with Gasteiger partial charge in [-0.1, -0.05) is 6.92 Å². The maximum atomic E-state index is 11.8. The Morgan fingerprint density at radius 3 is 3.10 bits per heavy atom. The molecule has 0 saturated carbocycles. The molecule has 0 atom stereocenters. The number of aromatic nitrogens is 1. The molecule has 0 fully saturated rings. The third kappa shape index (κ3) is 3.08. The van der Waals surface area contributed by atoms with Crippen LogP contribution in [0.5, 0.6) is 11.5 Å². The van der Waals surface area contributed by atoms with E-state index in [1.165, 1.54) is 11.3 Å². The molecule has 0 spiro atoms. The highest BCUT2D eigenvalue weighted by Gasteiger charge is 2.14. The van der Waals surface area contributed by atoms with Gasteiger partial charge < -0.3 is 20.1 Å². The molecule has 3 rings (SSSR count). The van der Waals surface area contributed by atoms with E-state index < -0.39 is 0 Å². The minimum atomic E-state index is -0.146. The van der Waals surface area contributed by atoms with E-state index in [0.29, 0.717) is 23.1 Å². The number of benzene rings is 1. The third-order valence-corrected chi connectivity index (χ3v) is 3.65. The number of fused-ring (bicyclic) bond motifs is 1. The van der Waals surface area contributed by atoms with Gasteiger partial charge in [0.1, 0.15) is 5.69 Å². The van der Waals surface area contributed by atoms with Gasteiger partial charge in [-0.15, -0.1) is 11.3 Å². The summed E-state index contributed by atoms with van der Waals surface area (Å²) in [5.74, 6) is 1.30. The van der Waals surface area contributed by atoms with Crippen molar-refractivity contribution < 1.29 is 14.3 Å². The molecule has 1 amide bonds. The second-order valence-corrected chi connectivity index (χ2v) is 5.34. The Hall–Kier alpha value is -2.28. The third-order valence-electron chi connectivity index (χ3n) is 2.90. The van der Waals surface area contributed by atoms with E-state index in [9.17, 15) is 4.79 Å². The van der Waals surface area contributed by atoms with Gasteiger partial charge in [0.05, 0.1) is 0 Å². The van der Waals surface area contributed by atoms with Crippen molar-refractivity contribution in [3.8, 4) is 11.5 Å². The lowest BCUT2D eigenvalue weighted by Gasteiger charge is -2.03. The van der Waals surface area contributed by atoms with Gasteiger partial charge in [-0.25, -0.2) is 4.98 Å². The van der Waals surface area contributed by atoms with Gasteiger partial charge in [0.15, 0.2) is 16.6 Å². The summed E-state index contributed by atoms with van der Waals surface area (Å²) >= 11 is 1.38. The highest BCUT2D eigenvalue weighted by atomic mass is 32.1. The molecule has 1 aliphatic heterocycles. The van der Waals surface area contributed by atoms with Crippen LogP contribution in [-0.2, 0) is 0 Å². The first-order chi connectivity index (χ1) is 10.3. The van der Waals surface area contributed by atoms with Gasteiger partial charge in [-0.05, 0) is 18.6 Å². The monoisotopic (exact) mass is 305 g/mol. The van der Waals surface area contributed by atoms with Crippen molar-refractivity contribution in [2.75, 3.05) is 18.7 Å². The molecule has 0 unspecified atom stereocenters. The first-order valence-electron chi connectivity index (χ1n) is 6.66. The SMILES string of the molecule is CCCNC(=O)c1csc(Nc2ccc3c(c2)OCO3)n1. The van der Waals surface area contributed by atoms with Crippen molar-refractivity contribution in [3.63, 3.8) is 0 Å². The number of amides is 1. The summed E-state index contributed by atoms with van der Waals surface area (Å²) in [5, 5.41) is 8.36. The molecule has 110 valence electrons. The average Bonchev–Trinajstić information content (AvgIpc) is 3.13. The minimum absolute atomic E-state index is 0.146. The molecule has 2 N–H and O–H groups in total. The van der Waals surface area contributed by atoms with Crippen molar-refractivity contribution in [3.05, 3.63) is 29.3 Å². The maximum absolute atomic E-state index is 11.8.